The van der Waals surface area contributed by atoms with Crippen molar-refractivity contribution in [3.63, 3.8) is 0 Å². The molecule has 0 saturated heterocycles. The summed E-state index contributed by atoms with van der Waals surface area (Å²) < 4.78 is 10.2. The van der Waals surface area contributed by atoms with Crippen LogP contribution in [0.2, 0.25) is 0 Å². The van der Waals surface area contributed by atoms with E-state index in [1.807, 2.05) is 19.1 Å². The molecule has 0 bridgehead atoms. The average molecular weight is 356 g/mol. The summed E-state index contributed by atoms with van der Waals surface area (Å²) in [4.78, 5) is 29.0. The zero-order chi connectivity index (χ0) is 18.0. The highest BCUT2D eigenvalue weighted by Crippen LogP contribution is 2.29. The molecule has 7 heteroatoms. The number of hydrogen-bond acceptors (Lipinski definition) is 6. The number of amides is 1. The highest BCUT2D eigenvalue weighted by molar-refractivity contribution is 7.17. The second kappa shape index (κ2) is 6.90. The van der Waals surface area contributed by atoms with E-state index in [0.29, 0.717) is 32.6 Å². The van der Waals surface area contributed by atoms with Crippen molar-refractivity contribution in [3.05, 3.63) is 58.3 Å². The van der Waals surface area contributed by atoms with Gasteiger partial charge >= 0.3 is 5.97 Å². The molecule has 0 fully saturated rings. The smallest absolute Gasteiger partial charge is 0.337 e. The van der Waals surface area contributed by atoms with E-state index in [1.54, 1.807) is 31.2 Å². The summed E-state index contributed by atoms with van der Waals surface area (Å²) in [5.41, 5.74) is 1.50. The van der Waals surface area contributed by atoms with Crippen LogP contribution in [0, 0.1) is 13.8 Å². The maximum atomic E-state index is 12.5. The summed E-state index contributed by atoms with van der Waals surface area (Å²) in [6, 6.07) is 10.3. The summed E-state index contributed by atoms with van der Waals surface area (Å²) in [6.07, 6.45) is 0. The molecule has 1 N–H and O–H groups in total. The lowest BCUT2D eigenvalue weighted by Crippen LogP contribution is -2.12. The number of carbonyl (C=O) groups excluding carboxylic acids is 2. The Morgan fingerprint density at radius 1 is 1.20 bits per heavy atom. The average Bonchev–Trinajstić information content (AvgIpc) is 3.20. The minimum atomic E-state index is -0.458. The van der Waals surface area contributed by atoms with Crippen molar-refractivity contribution >= 4 is 28.9 Å². The number of methoxy groups -OCH3 is 1. The number of nitrogens with one attached hydrogen (secondary N) is 1. The van der Waals surface area contributed by atoms with Gasteiger partial charge in [0.2, 0.25) is 0 Å². The quantitative estimate of drug-likeness (QED) is 0.713. The molecule has 1 amide bonds. The molecule has 0 atom stereocenters. The highest BCUT2D eigenvalue weighted by atomic mass is 32.1. The number of aromatic nitrogens is 1. The first-order valence-corrected chi connectivity index (χ1v) is 8.33. The van der Waals surface area contributed by atoms with Crippen molar-refractivity contribution in [2.45, 2.75) is 13.8 Å². The van der Waals surface area contributed by atoms with Gasteiger partial charge in [0.05, 0.1) is 18.4 Å². The topological polar surface area (TPSA) is 81.4 Å². The van der Waals surface area contributed by atoms with Crippen LogP contribution < -0.4 is 5.32 Å². The van der Waals surface area contributed by atoms with Crippen LogP contribution in [-0.2, 0) is 4.74 Å². The van der Waals surface area contributed by atoms with Crippen molar-refractivity contribution in [1.82, 2.24) is 4.98 Å². The van der Waals surface area contributed by atoms with E-state index in [2.05, 4.69) is 15.0 Å². The van der Waals surface area contributed by atoms with Crippen LogP contribution in [0.15, 0.2) is 40.8 Å². The second-order valence-electron chi connectivity index (χ2n) is 5.37. The summed E-state index contributed by atoms with van der Waals surface area (Å²) in [5, 5.41) is 3.43. The Hall–Kier alpha value is -2.93. The molecule has 2 heterocycles. The largest absolute Gasteiger partial charge is 0.465 e. The highest BCUT2D eigenvalue weighted by Gasteiger charge is 2.18. The maximum Gasteiger partial charge on any atom is 0.337 e. The fraction of sp³-hybridized carbons (Fsp3) is 0.167. The number of rotatable bonds is 4. The first-order chi connectivity index (χ1) is 12.0. The number of furan rings is 1. The molecular weight excluding hydrogens is 340 g/mol. The summed E-state index contributed by atoms with van der Waals surface area (Å²) in [7, 11) is 1.31. The molecule has 0 saturated carbocycles. The first-order valence-electron chi connectivity index (χ1n) is 7.52. The molecular formula is C18H16N2O4S. The van der Waals surface area contributed by atoms with Gasteiger partial charge < -0.3 is 14.5 Å². The minimum absolute atomic E-state index is 0.286. The van der Waals surface area contributed by atoms with Crippen molar-refractivity contribution < 1.29 is 18.7 Å². The van der Waals surface area contributed by atoms with E-state index in [9.17, 15) is 9.59 Å². The Kier molecular flexibility index (Phi) is 4.67. The second-order valence-corrected chi connectivity index (χ2v) is 6.37. The van der Waals surface area contributed by atoms with Crippen LogP contribution in [-0.4, -0.2) is 24.0 Å². The number of benzene rings is 1. The SMILES string of the molecule is COC(=O)c1cccc(NC(=O)c2sc(-c3ccc(C)o3)nc2C)c1. The number of thiazole rings is 1. The van der Waals surface area contributed by atoms with Gasteiger partial charge in [-0.2, -0.15) is 0 Å². The lowest BCUT2D eigenvalue weighted by atomic mass is 10.2. The van der Waals surface area contributed by atoms with E-state index in [4.69, 9.17) is 4.42 Å². The monoisotopic (exact) mass is 356 g/mol. The van der Waals surface area contributed by atoms with Gasteiger partial charge in [-0.05, 0) is 44.2 Å². The van der Waals surface area contributed by atoms with Gasteiger partial charge in [0, 0.05) is 5.69 Å². The lowest BCUT2D eigenvalue weighted by Gasteiger charge is -2.06. The molecule has 25 heavy (non-hydrogen) atoms. The van der Waals surface area contributed by atoms with Crippen molar-refractivity contribution in [2.75, 3.05) is 12.4 Å². The molecule has 3 rings (SSSR count). The number of aryl methyl sites for hydroxylation is 2. The van der Waals surface area contributed by atoms with Gasteiger partial charge in [-0.25, -0.2) is 9.78 Å². The van der Waals surface area contributed by atoms with Gasteiger partial charge in [-0.15, -0.1) is 11.3 Å². The maximum absolute atomic E-state index is 12.5. The molecule has 6 nitrogen and oxygen atoms in total. The molecule has 0 spiro atoms. The van der Waals surface area contributed by atoms with Crippen molar-refractivity contribution in [2.24, 2.45) is 0 Å². The van der Waals surface area contributed by atoms with Gasteiger partial charge in [0.1, 0.15) is 10.6 Å². The third kappa shape index (κ3) is 3.61. The third-order valence-electron chi connectivity index (χ3n) is 3.50. The Balaban J connectivity index is 1.82. The molecule has 0 aliphatic heterocycles. The van der Waals surface area contributed by atoms with Crippen LogP contribution in [0.1, 0.15) is 31.5 Å². The number of nitrogens with zero attached hydrogens (tertiary/aromatic N) is 1. The fourth-order valence-corrected chi connectivity index (χ4v) is 3.21. The standard InChI is InChI=1S/C18H16N2O4S/c1-10-7-8-14(24-10)17-19-11(2)15(25-17)16(21)20-13-6-4-5-12(9-13)18(22)23-3/h4-9H,1-3H3,(H,20,21). The molecule has 0 unspecified atom stereocenters. The van der Waals surface area contributed by atoms with Gasteiger partial charge in [0.25, 0.3) is 5.91 Å². The van der Waals surface area contributed by atoms with Crippen molar-refractivity contribution in [3.8, 4) is 10.8 Å². The molecule has 2 aromatic heterocycles. The Labute approximate surface area is 148 Å². The van der Waals surface area contributed by atoms with E-state index < -0.39 is 5.97 Å². The summed E-state index contributed by atoms with van der Waals surface area (Å²) >= 11 is 1.26. The molecule has 1 aromatic carbocycles. The van der Waals surface area contributed by atoms with E-state index >= 15 is 0 Å². The van der Waals surface area contributed by atoms with E-state index in [1.165, 1.54) is 18.4 Å². The van der Waals surface area contributed by atoms with Crippen LogP contribution >= 0.6 is 11.3 Å². The summed E-state index contributed by atoms with van der Waals surface area (Å²) in [6.45, 7) is 3.63. The first kappa shape index (κ1) is 16.9. The van der Waals surface area contributed by atoms with E-state index in [0.717, 1.165) is 5.76 Å². The number of anilines is 1. The zero-order valence-electron chi connectivity index (χ0n) is 14.0. The van der Waals surface area contributed by atoms with Gasteiger partial charge in [-0.1, -0.05) is 6.07 Å². The predicted octanol–water partition coefficient (Wildman–Crippen LogP) is 4.06. The molecule has 0 aliphatic carbocycles. The van der Waals surface area contributed by atoms with Gasteiger partial charge in [-0.3, -0.25) is 4.79 Å². The number of carbonyl (C=O) groups is 2. The molecule has 128 valence electrons. The van der Waals surface area contributed by atoms with Gasteiger partial charge in [0.15, 0.2) is 10.8 Å². The number of hydrogen-bond donors (Lipinski definition) is 1. The number of esters is 1. The molecule has 3 aromatic rings. The van der Waals surface area contributed by atoms with E-state index in [-0.39, 0.29) is 5.91 Å². The van der Waals surface area contributed by atoms with Crippen LogP contribution in [0.4, 0.5) is 5.69 Å². The summed E-state index contributed by atoms with van der Waals surface area (Å²) in [5.74, 6) is 0.679. The minimum Gasteiger partial charge on any atom is -0.465 e. The Morgan fingerprint density at radius 3 is 2.68 bits per heavy atom. The normalized spacial score (nSPS) is 10.5. The van der Waals surface area contributed by atoms with Crippen molar-refractivity contribution in [1.29, 1.82) is 0 Å². The third-order valence-corrected chi connectivity index (χ3v) is 4.67. The number of ether oxygens (including phenoxy) is 1. The molecule has 0 radical (unpaired) electrons. The predicted molar refractivity (Wildman–Crippen MR) is 95.0 cm³/mol. The van der Waals surface area contributed by atoms with Crippen LogP contribution in [0.5, 0.6) is 0 Å². The fourth-order valence-electron chi connectivity index (χ4n) is 2.29. The Bertz CT molecular complexity index is 942. The lowest BCUT2D eigenvalue weighted by molar-refractivity contribution is 0.0600. The Morgan fingerprint density at radius 2 is 2.00 bits per heavy atom. The molecule has 0 aliphatic rings. The van der Waals surface area contributed by atoms with Crippen LogP contribution in [0.3, 0.4) is 0 Å². The van der Waals surface area contributed by atoms with Crippen LogP contribution in [0.25, 0.3) is 10.8 Å². The zero-order valence-corrected chi connectivity index (χ0v) is 14.8.